The minimum atomic E-state index is -0.810. The standard InChI is InChI=1S/C13H19N3O4/c1-9(3-6-12(18)19)7-8-14-13(20)10-4-5-11(17)16(2)15-10/h4-5,9H,3,6-8H2,1-2H3,(H,14,20)(H,18,19). The summed E-state index contributed by atoms with van der Waals surface area (Å²) in [4.78, 5) is 33.3. The van der Waals surface area contributed by atoms with Gasteiger partial charge in [0.05, 0.1) is 0 Å². The predicted octanol–water partition coefficient (Wildman–Crippen LogP) is 0.401. The molecule has 0 saturated carbocycles. The second kappa shape index (κ2) is 7.42. The van der Waals surface area contributed by atoms with E-state index in [1.54, 1.807) is 0 Å². The first kappa shape index (κ1) is 15.9. The number of hydrogen-bond donors (Lipinski definition) is 2. The van der Waals surface area contributed by atoms with Gasteiger partial charge in [0.25, 0.3) is 11.5 Å². The molecular weight excluding hydrogens is 262 g/mol. The zero-order valence-corrected chi connectivity index (χ0v) is 11.6. The van der Waals surface area contributed by atoms with Crippen LogP contribution in [0.3, 0.4) is 0 Å². The lowest BCUT2D eigenvalue weighted by Gasteiger charge is -2.10. The topological polar surface area (TPSA) is 101 Å². The number of carboxylic acids is 1. The number of nitrogens with zero attached hydrogens (tertiary/aromatic N) is 2. The van der Waals surface area contributed by atoms with E-state index in [1.165, 1.54) is 19.2 Å². The number of aromatic nitrogens is 2. The zero-order chi connectivity index (χ0) is 15.1. The first-order valence-electron chi connectivity index (χ1n) is 6.44. The Morgan fingerprint density at radius 3 is 2.70 bits per heavy atom. The average molecular weight is 281 g/mol. The van der Waals surface area contributed by atoms with Crippen LogP contribution in [0.15, 0.2) is 16.9 Å². The monoisotopic (exact) mass is 281 g/mol. The van der Waals surface area contributed by atoms with Gasteiger partial charge in [-0.05, 0) is 24.8 Å². The molecule has 7 nitrogen and oxygen atoms in total. The summed E-state index contributed by atoms with van der Waals surface area (Å²) in [6, 6.07) is 2.67. The third-order valence-electron chi connectivity index (χ3n) is 2.97. The summed E-state index contributed by atoms with van der Waals surface area (Å²) >= 11 is 0. The first-order chi connectivity index (χ1) is 9.40. The quantitative estimate of drug-likeness (QED) is 0.753. The molecule has 0 aliphatic carbocycles. The number of carboxylic acid groups (broad SMARTS) is 1. The Bertz CT molecular complexity index is 539. The Morgan fingerprint density at radius 2 is 2.10 bits per heavy atom. The number of carbonyl (C=O) groups is 2. The molecule has 0 aliphatic rings. The van der Waals surface area contributed by atoms with Gasteiger partial charge in [-0.2, -0.15) is 5.10 Å². The molecule has 20 heavy (non-hydrogen) atoms. The van der Waals surface area contributed by atoms with E-state index in [-0.39, 0.29) is 29.5 Å². The molecule has 110 valence electrons. The van der Waals surface area contributed by atoms with Crippen LogP contribution in [0.4, 0.5) is 0 Å². The highest BCUT2D eigenvalue weighted by Crippen LogP contribution is 2.09. The number of hydrogen-bond acceptors (Lipinski definition) is 4. The van der Waals surface area contributed by atoms with Gasteiger partial charge < -0.3 is 10.4 Å². The minimum Gasteiger partial charge on any atom is -0.481 e. The number of rotatable bonds is 7. The molecule has 1 unspecified atom stereocenters. The van der Waals surface area contributed by atoms with Crippen molar-refractivity contribution in [2.24, 2.45) is 13.0 Å². The van der Waals surface area contributed by atoms with E-state index >= 15 is 0 Å². The molecule has 0 aromatic carbocycles. The zero-order valence-electron chi connectivity index (χ0n) is 11.6. The van der Waals surface area contributed by atoms with Gasteiger partial charge in [-0.1, -0.05) is 6.92 Å². The Kier molecular flexibility index (Phi) is 5.89. The van der Waals surface area contributed by atoms with E-state index in [2.05, 4.69) is 10.4 Å². The molecule has 7 heteroatoms. The van der Waals surface area contributed by atoms with Crippen molar-refractivity contribution in [1.82, 2.24) is 15.1 Å². The predicted molar refractivity (Wildman–Crippen MR) is 72.5 cm³/mol. The Morgan fingerprint density at radius 1 is 1.40 bits per heavy atom. The second-order valence-corrected chi connectivity index (χ2v) is 4.76. The van der Waals surface area contributed by atoms with Gasteiger partial charge in [-0.25, -0.2) is 4.68 Å². The van der Waals surface area contributed by atoms with Crippen LogP contribution in [0.2, 0.25) is 0 Å². The number of aliphatic carboxylic acids is 1. The third-order valence-corrected chi connectivity index (χ3v) is 2.97. The molecule has 1 heterocycles. The number of amides is 1. The number of nitrogens with one attached hydrogen (secondary N) is 1. The van der Waals surface area contributed by atoms with Crippen LogP contribution in [-0.4, -0.2) is 33.3 Å². The Hall–Kier alpha value is -2.18. The van der Waals surface area contributed by atoms with Gasteiger partial charge in [0.1, 0.15) is 5.69 Å². The second-order valence-electron chi connectivity index (χ2n) is 4.76. The Labute approximate surface area is 116 Å². The highest BCUT2D eigenvalue weighted by Gasteiger charge is 2.10. The fraction of sp³-hybridized carbons (Fsp3) is 0.538. The van der Waals surface area contributed by atoms with Gasteiger partial charge in [0.2, 0.25) is 0 Å². The molecule has 1 atom stereocenters. The SMILES string of the molecule is CC(CCNC(=O)c1ccc(=O)n(C)n1)CCC(=O)O. The van der Waals surface area contributed by atoms with Crippen LogP contribution in [-0.2, 0) is 11.8 Å². The van der Waals surface area contributed by atoms with Gasteiger partial charge >= 0.3 is 5.97 Å². The first-order valence-corrected chi connectivity index (χ1v) is 6.44. The molecule has 2 N–H and O–H groups in total. The molecule has 0 aliphatic heterocycles. The van der Waals surface area contributed by atoms with Crippen LogP contribution in [0, 0.1) is 5.92 Å². The van der Waals surface area contributed by atoms with Crippen molar-refractivity contribution in [1.29, 1.82) is 0 Å². The maximum absolute atomic E-state index is 11.8. The molecule has 0 saturated heterocycles. The maximum Gasteiger partial charge on any atom is 0.303 e. The van der Waals surface area contributed by atoms with Crippen molar-refractivity contribution in [2.75, 3.05) is 6.54 Å². The fourth-order valence-corrected chi connectivity index (χ4v) is 1.66. The van der Waals surface area contributed by atoms with Gasteiger partial charge in [0.15, 0.2) is 0 Å². The van der Waals surface area contributed by atoms with Crippen molar-refractivity contribution in [3.8, 4) is 0 Å². The van der Waals surface area contributed by atoms with E-state index in [0.29, 0.717) is 19.4 Å². The van der Waals surface area contributed by atoms with Crippen molar-refractivity contribution in [2.45, 2.75) is 26.2 Å². The smallest absolute Gasteiger partial charge is 0.303 e. The third kappa shape index (κ3) is 5.21. The maximum atomic E-state index is 11.8. The average Bonchev–Trinajstić information content (AvgIpc) is 2.39. The highest BCUT2D eigenvalue weighted by molar-refractivity contribution is 5.91. The van der Waals surface area contributed by atoms with Crippen LogP contribution >= 0.6 is 0 Å². The lowest BCUT2D eigenvalue weighted by Crippen LogP contribution is -2.29. The molecule has 1 rings (SSSR count). The van der Waals surface area contributed by atoms with Crippen LogP contribution in [0.1, 0.15) is 36.7 Å². The summed E-state index contributed by atoms with van der Waals surface area (Å²) in [5, 5.41) is 15.1. The van der Waals surface area contributed by atoms with Gasteiger partial charge in [0, 0.05) is 26.1 Å². The summed E-state index contributed by atoms with van der Waals surface area (Å²) in [7, 11) is 1.48. The van der Waals surface area contributed by atoms with E-state index in [9.17, 15) is 14.4 Å². The van der Waals surface area contributed by atoms with E-state index in [4.69, 9.17) is 5.11 Å². The highest BCUT2D eigenvalue weighted by atomic mass is 16.4. The normalized spacial score (nSPS) is 11.9. The molecule has 1 aromatic rings. The van der Waals surface area contributed by atoms with Crippen molar-refractivity contribution < 1.29 is 14.7 Å². The minimum absolute atomic E-state index is 0.136. The summed E-state index contributed by atoms with van der Waals surface area (Å²) < 4.78 is 1.10. The summed E-state index contributed by atoms with van der Waals surface area (Å²) in [6.45, 7) is 2.39. The summed E-state index contributed by atoms with van der Waals surface area (Å²) in [5.41, 5.74) is -0.0888. The Balaban J connectivity index is 2.38. The van der Waals surface area contributed by atoms with Crippen LogP contribution < -0.4 is 10.9 Å². The number of carbonyl (C=O) groups excluding carboxylic acids is 1. The van der Waals surface area contributed by atoms with Gasteiger partial charge in [-0.15, -0.1) is 0 Å². The lowest BCUT2D eigenvalue weighted by atomic mass is 10.0. The summed E-state index contributed by atoms with van der Waals surface area (Å²) in [5.74, 6) is -0.930. The lowest BCUT2D eigenvalue weighted by molar-refractivity contribution is -0.137. The molecule has 0 bridgehead atoms. The van der Waals surface area contributed by atoms with Crippen LogP contribution in [0.5, 0.6) is 0 Å². The molecule has 0 radical (unpaired) electrons. The van der Waals surface area contributed by atoms with E-state index in [0.717, 1.165) is 4.68 Å². The van der Waals surface area contributed by atoms with Gasteiger partial charge in [-0.3, -0.25) is 14.4 Å². The van der Waals surface area contributed by atoms with E-state index in [1.807, 2.05) is 6.92 Å². The van der Waals surface area contributed by atoms with Crippen molar-refractivity contribution >= 4 is 11.9 Å². The van der Waals surface area contributed by atoms with E-state index < -0.39 is 5.97 Å². The van der Waals surface area contributed by atoms with Crippen LogP contribution in [0.25, 0.3) is 0 Å². The largest absolute Gasteiger partial charge is 0.481 e. The molecule has 0 fully saturated rings. The molecular formula is C13H19N3O4. The molecule has 1 aromatic heterocycles. The molecule has 0 spiro atoms. The number of aryl methyl sites for hydroxylation is 1. The van der Waals surface area contributed by atoms with Crippen molar-refractivity contribution in [3.05, 3.63) is 28.2 Å². The molecule has 1 amide bonds. The van der Waals surface area contributed by atoms with Crippen molar-refractivity contribution in [3.63, 3.8) is 0 Å². The fourth-order valence-electron chi connectivity index (χ4n) is 1.66. The summed E-state index contributed by atoms with van der Waals surface area (Å²) in [6.07, 6.45) is 1.42.